The van der Waals surface area contributed by atoms with Crippen LogP contribution in [0.1, 0.15) is 12.0 Å². The van der Waals surface area contributed by atoms with E-state index >= 15 is 0 Å². The van der Waals surface area contributed by atoms with Crippen LogP contribution in [0.2, 0.25) is 5.02 Å². The van der Waals surface area contributed by atoms with Crippen molar-refractivity contribution in [3.8, 4) is 0 Å². The zero-order valence-electron chi connectivity index (χ0n) is 11.0. The maximum absolute atomic E-state index is 12.6. The summed E-state index contributed by atoms with van der Waals surface area (Å²) in [6, 6.07) is 5.36. The molecule has 3 aliphatic rings. The van der Waals surface area contributed by atoms with E-state index in [1.54, 1.807) is 12.1 Å². The zero-order valence-corrected chi connectivity index (χ0v) is 11.8. The summed E-state index contributed by atoms with van der Waals surface area (Å²) in [7, 11) is 0. The first-order valence-electron chi connectivity index (χ1n) is 6.90. The monoisotopic (exact) mass is 287 g/mol. The fraction of sp³-hybridized carbons (Fsp3) is 0.375. The van der Waals surface area contributed by atoms with Crippen molar-refractivity contribution in [2.45, 2.75) is 13.3 Å². The molecule has 4 heteroatoms. The molecule has 0 spiro atoms. The Kier molecular flexibility index (Phi) is 2.40. The van der Waals surface area contributed by atoms with Gasteiger partial charge < -0.3 is 0 Å². The van der Waals surface area contributed by atoms with Crippen molar-refractivity contribution < 1.29 is 9.59 Å². The summed E-state index contributed by atoms with van der Waals surface area (Å²) in [6.45, 7) is 1.90. The third kappa shape index (κ3) is 1.41. The lowest BCUT2D eigenvalue weighted by Crippen LogP contribution is -2.32. The molecule has 2 amide bonds. The van der Waals surface area contributed by atoms with Crippen LogP contribution in [-0.2, 0) is 9.59 Å². The minimum Gasteiger partial charge on any atom is -0.274 e. The van der Waals surface area contributed by atoms with Crippen molar-refractivity contribution in [1.29, 1.82) is 0 Å². The summed E-state index contributed by atoms with van der Waals surface area (Å²) in [4.78, 5) is 26.6. The van der Waals surface area contributed by atoms with Crippen LogP contribution < -0.4 is 4.90 Å². The van der Waals surface area contributed by atoms with Crippen LogP contribution in [0.15, 0.2) is 30.4 Å². The number of carbonyl (C=O) groups is 2. The van der Waals surface area contributed by atoms with Crippen LogP contribution in [0.5, 0.6) is 0 Å². The number of halogens is 1. The predicted octanol–water partition coefficient (Wildman–Crippen LogP) is 2.96. The van der Waals surface area contributed by atoms with Gasteiger partial charge >= 0.3 is 0 Å². The van der Waals surface area contributed by atoms with Crippen molar-refractivity contribution in [3.63, 3.8) is 0 Å². The van der Waals surface area contributed by atoms with Gasteiger partial charge in [-0.15, -0.1) is 0 Å². The third-order valence-electron chi connectivity index (χ3n) is 4.88. The average molecular weight is 288 g/mol. The summed E-state index contributed by atoms with van der Waals surface area (Å²) in [5.41, 5.74) is 1.54. The molecule has 0 aromatic heterocycles. The number of anilines is 1. The fourth-order valence-corrected chi connectivity index (χ4v) is 4.05. The second kappa shape index (κ2) is 3.95. The van der Waals surface area contributed by atoms with Crippen molar-refractivity contribution >= 4 is 29.1 Å². The molecule has 4 atom stereocenters. The first-order chi connectivity index (χ1) is 9.58. The maximum atomic E-state index is 12.6. The van der Waals surface area contributed by atoms with Crippen LogP contribution in [-0.4, -0.2) is 11.8 Å². The minimum absolute atomic E-state index is 0.0585. The second-order valence-corrected chi connectivity index (χ2v) is 6.35. The van der Waals surface area contributed by atoms with E-state index in [0.29, 0.717) is 10.7 Å². The third-order valence-corrected chi connectivity index (χ3v) is 5.29. The molecule has 1 aromatic rings. The van der Waals surface area contributed by atoms with Crippen LogP contribution >= 0.6 is 11.6 Å². The van der Waals surface area contributed by atoms with Gasteiger partial charge in [0.2, 0.25) is 11.8 Å². The number of fused-ring (bicyclic) bond motifs is 5. The van der Waals surface area contributed by atoms with E-state index in [9.17, 15) is 9.59 Å². The topological polar surface area (TPSA) is 37.4 Å². The highest BCUT2D eigenvalue weighted by Gasteiger charge is 2.59. The molecule has 2 bridgehead atoms. The first kappa shape index (κ1) is 12.2. The molecular weight excluding hydrogens is 274 g/mol. The summed E-state index contributed by atoms with van der Waals surface area (Å²) in [5, 5.41) is 0.584. The smallest absolute Gasteiger partial charge is 0.238 e. The van der Waals surface area contributed by atoms with E-state index in [1.165, 1.54) is 4.90 Å². The van der Waals surface area contributed by atoms with Crippen LogP contribution in [0.25, 0.3) is 0 Å². The number of hydrogen-bond acceptors (Lipinski definition) is 2. The van der Waals surface area contributed by atoms with Crippen molar-refractivity contribution in [3.05, 3.63) is 40.9 Å². The highest BCUT2D eigenvalue weighted by Crippen LogP contribution is 2.53. The number of carbonyl (C=O) groups excluding carboxylic acids is 2. The molecule has 0 N–H and O–H groups in total. The Labute approximate surface area is 122 Å². The zero-order chi connectivity index (χ0) is 14.0. The lowest BCUT2D eigenvalue weighted by molar-refractivity contribution is -0.123. The van der Waals surface area contributed by atoms with E-state index in [1.807, 2.05) is 13.0 Å². The number of hydrogen-bond donors (Lipinski definition) is 0. The summed E-state index contributed by atoms with van der Waals surface area (Å²) in [5.74, 6) is 0.0587. The van der Waals surface area contributed by atoms with Crippen molar-refractivity contribution in [1.82, 2.24) is 0 Å². The van der Waals surface area contributed by atoms with Gasteiger partial charge in [0.05, 0.1) is 17.5 Å². The van der Waals surface area contributed by atoms with Gasteiger partial charge in [0.1, 0.15) is 0 Å². The Morgan fingerprint density at radius 3 is 2.25 bits per heavy atom. The van der Waals surface area contributed by atoms with Gasteiger partial charge in [-0.3, -0.25) is 9.59 Å². The van der Waals surface area contributed by atoms with E-state index in [4.69, 9.17) is 11.6 Å². The van der Waals surface area contributed by atoms with Crippen LogP contribution in [0, 0.1) is 30.6 Å². The van der Waals surface area contributed by atoms with Crippen LogP contribution in [0.3, 0.4) is 0 Å². The number of allylic oxidation sites excluding steroid dienone is 2. The van der Waals surface area contributed by atoms with Gasteiger partial charge in [-0.1, -0.05) is 29.8 Å². The molecule has 2 fully saturated rings. The van der Waals surface area contributed by atoms with Gasteiger partial charge in [0.25, 0.3) is 0 Å². The largest absolute Gasteiger partial charge is 0.274 e. The van der Waals surface area contributed by atoms with E-state index < -0.39 is 0 Å². The van der Waals surface area contributed by atoms with E-state index in [2.05, 4.69) is 12.2 Å². The lowest BCUT2D eigenvalue weighted by atomic mass is 9.85. The molecule has 1 saturated heterocycles. The van der Waals surface area contributed by atoms with Gasteiger partial charge in [0, 0.05) is 5.02 Å². The Balaban J connectivity index is 1.76. The second-order valence-electron chi connectivity index (χ2n) is 5.95. The summed E-state index contributed by atoms with van der Waals surface area (Å²) in [6.07, 6.45) is 5.15. The molecule has 1 aromatic carbocycles. The van der Waals surface area contributed by atoms with Crippen molar-refractivity contribution in [2.75, 3.05) is 4.90 Å². The molecule has 0 radical (unpaired) electrons. The quantitative estimate of drug-likeness (QED) is 0.588. The molecule has 102 valence electrons. The predicted molar refractivity (Wildman–Crippen MR) is 76.4 cm³/mol. The fourth-order valence-electron chi connectivity index (χ4n) is 3.88. The standard InChI is InChI=1S/C16H14ClNO2/c1-8-2-5-11(7-12(8)17)18-15(19)13-9-3-4-10(6-9)14(13)16(18)20/h2-5,7,9-10,13-14H,6H2,1H3. The average Bonchev–Trinajstić information content (AvgIpc) is 3.08. The summed E-state index contributed by atoms with van der Waals surface area (Å²) >= 11 is 6.12. The normalized spacial score (nSPS) is 34.2. The Morgan fingerprint density at radius 1 is 1.10 bits per heavy atom. The van der Waals surface area contributed by atoms with Gasteiger partial charge in [0.15, 0.2) is 0 Å². The Hall–Kier alpha value is -1.61. The molecule has 1 heterocycles. The van der Waals surface area contributed by atoms with Gasteiger partial charge in [-0.2, -0.15) is 0 Å². The number of aryl methyl sites for hydroxylation is 1. The molecule has 20 heavy (non-hydrogen) atoms. The number of rotatable bonds is 1. The van der Waals surface area contributed by atoms with E-state index in [0.717, 1.165) is 12.0 Å². The number of nitrogens with zero attached hydrogens (tertiary/aromatic N) is 1. The molecule has 3 nitrogen and oxygen atoms in total. The highest BCUT2D eigenvalue weighted by atomic mass is 35.5. The highest BCUT2D eigenvalue weighted by molar-refractivity contribution is 6.32. The molecule has 1 aliphatic heterocycles. The van der Waals surface area contributed by atoms with Gasteiger partial charge in [-0.05, 0) is 42.9 Å². The van der Waals surface area contributed by atoms with E-state index in [-0.39, 0.29) is 35.5 Å². The number of amides is 2. The lowest BCUT2D eigenvalue weighted by Gasteiger charge is -2.17. The minimum atomic E-state index is -0.155. The Bertz CT molecular complexity index is 636. The molecule has 1 saturated carbocycles. The maximum Gasteiger partial charge on any atom is 0.238 e. The number of imide groups is 1. The number of benzene rings is 1. The SMILES string of the molecule is Cc1ccc(N2C(=O)C3C4C=CC(C4)C3C2=O)cc1Cl. The molecule has 4 rings (SSSR count). The molecule has 2 aliphatic carbocycles. The van der Waals surface area contributed by atoms with Crippen LogP contribution in [0.4, 0.5) is 5.69 Å². The molecule has 4 unspecified atom stereocenters. The van der Waals surface area contributed by atoms with Gasteiger partial charge in [-0.25, -0.2) is 4.90 Å². The first-order valence-corrected chi connectivity index (χ1v) is 7.28. The summed E-state index contributed by atoms with van der Waals surface area (Å²) < 4.78 is 0. The Morgan fingerprint density at radius 2 is 1.70 bits per heavy atom. The van der Waals surface area contributed by atoms with Crippen molar-refractivity contribution in [2.24, 2.45) is 23.7 Å². The molecular formula is C16H14ClNO2.